The Morgan fingerprint density at radius 2 is 1.76 bits per heavy atom. The molecule has 0 radical (unpaired) electrons. The van der Waals surface area contributed by atoms with Gasteiger partial charge in [-0.15, -0.1) is 0 Å². The molecule has 0 bridgehead atoms. The maximum atomic E-state index is 13.0. The van der Waals surface area contributed by atoms with Crippen molar-refractivity contribution < 1.29 is 17.7 Å². The Kier molecular flexibility index (Phi) is 5.10. The number of aromatic nitrogens is 2. The van der Waals surface area contributed by atoms with Crippen LogP contribution in [0.2, 0.25) is 0 Å². The van der Waals surface area contributed by atoms with Crippen molar-refractivity contribution in [2.45, 2.75) is 55.9 Å². The fourth-order valence-corrected chi connectivity index (χ4v) is 4.69. The summed E-state index contributed by atoms with van der Waals surface area (Å²) in [5.74, 6) is 1.46. The Bertz CT molecular complexity index is 807. The Balaban J connectivity index is 1.96. The van der Waals surface area contributed by atoms with Crippen molar-refractivity contribution in [1.82, 2.24) is 14.9 Å². The highest BCUT2D eigenvalue weighted by Gasteiger charge is 2.41. The molecule has 136 valence electrons. The van der Waals surface area contributed by atoms with Crippen LogP contribution in [0.5, 0.6) is 5.75 Å². The predicted octanol–water partition coefficient (Wildman–Crippen LogP) is 2.91. The van der Waals surface area contributed by atoms with Gasteiger partial charge in [0.15, 0.2) is 5.82 Å². The second-order valence-electron chi connectivity index (χ2n) is 6.41. The van der Waals surface area contributed by atoms with Gasteiger partial charge in [0.1, 0.15) is 5.75 Å². The molecular formula is C17H23N3O4S. The smallest absolute Gasteiger partial charge is 0.241 e. The minimum absolute atomic E-state index is 0.192. The molecule has 1 saturated carbocycles. The largest absolute Gasteiger partial charge is 0.497 e. The first-order valence-electron chi connectivity index (χ1n) is 8.44. The Labute approximate surface area is 147 Å². The molecular weight excluding hydrogens is 342 g/mol. The average Bonchev–Trinajstić information content (AvgIpc) is 2.91. The molecule has 0 spiro atoms. The van der Waals surface area contributed by atoms with Crippen molar-refractivity contribution in [1.29, 1.82) is 0 Å². The number of nitrogens with one attached hydrogen (secondary N) is 1. The van der Waals surface area contributed by atoms with Gasteiger partial charge in [-0.3, -0.25) is 0 Å². The molecule has 2 aromatic rings. The van der Waals surface area contributed by atoms with Gasteiger partial charge < -0.3 is 9.26 Å². The Morgan fingerprint density at radius 3 is 2.28 bits per heavy atom. The molecule has 0 amide bonds. The van der Waals surface area contributed by atoms with E-state index in [-0.39, 0.29) is 4.90 Å². The molecule has 1 N–H and O–H groups in total. The first-order chi connectivity index (χ1) is 12.0. The number of methoxy groups -OCH3 is 1. The van der Waals surface area contributed by atoms with Gasteiger partial charge in [0.25, 0.3) is 0 Å². The van der Waals surface area contributed by atoms with Crippen molar-refractivity contribution in [3.63, 3.8) is 0 Å². The van der Waals surface area contributed by atoms with Crippen LogP contribution in [-0.4, -0.2) is 25.7 Å². The molecule has 1 aliphatic carbocycles. The molecule has 1 aromatic carbocycles. The van der Waals surface area contributed by atoms with E-state index in [1.807, 2.05) is 0 Å². The van der Waals surface area contributed by atoms with Gasteiger partial charge in [-0.25, -0.2) is 8.42 Å². The summed E-state index contributed by atoms with van der Waals surface area (Å²) in [5, 5.41) is 4.03. The summed E-state index contributed by atoms with van der Waals surface area (Å²) >= 11 is 0. The Morgan fingerprint density at radius 1 is 1.12 bits per heavy atom. The lowest BCUT2D eigenvalue weighted by molar-refractivity contribution is 0.301. The molecule has 1 aliphatic rings. The van der Waals surface area contributed by atoms with Crippen LogP contribution >= 0.6 is 0 Å². The molecule has 25 heavy (non-hydrogen) atoms. The van der Waals surface area contributed by atoms with E-state index in [2.05, 4.69) is 14.9 Å². The third-order valence-corrected chi connectivity index (χ3v) is 6.16. The number of ether oxygens (including phenoxy) is 1. The van der Waals surface area contributed by atoms with Gasteiger partial charge >= 0.3 is 0 Å². The first kappa shape index (κ1) is 17.9. The van der Waals surface area contributed by atoms with Crippen LogP contribution in [0.4, 0.5) is 0 Å². The standard InChI is InChI=1S/C17H23N3O4S/c1-13-18-16(19-24-13)17(11-5-3-4-6-12-17)20-25(21,22)15-9-7-14(23-2)8-10-15/h7-10,20H,3-6,11-12H2,1-2H3. The van der Waals surface area contributed by atoms with Crippen LogP contribution in [0.1, 0.15) is 50.2 Å². The minimum Gasteiger partial charge on any atom is -0.497 e. The zero-order valence-electron chi connectivity index (χ0n) is 14.5. The average molecular weight is 365 g/mol. The first-order valence-corrected chi connectivity index (χ1v) is 9.92. The van der Waals surface area contributed by atoms with Crippen molar-refractivity contribution in [2.75, 3.05) is 7.11 Å². The van der Waals surface area contributed by atoms with E-state index in [1.54, 1.807) is 26.2 Å². The van der Waals surface area contributed by atoms with E-state index in [9.17, 15) is 8.42 Å². The van der Waals surface area contributed by atoms with Crippen LogP contribution < -0.4 is 9.46 Å². The fourth-order valence-electron chi connectivity index (χ4n) is 3.27. The summed E-state index contributed by atoms with van der Waals surface area (Å²) in [5.41, 5.74) is -0.826. The SMILES string of the molecule is COc1ccc(S(=O)(=O)NC2(c3noc(C)n3)CCCCCC2)cc1. The van der Waals surface area contributed by atoms with Crippen molar-refractivity contribution in [2.24, 2.45) is 0 Å². The molecule has 0 saturated heterocycles. The number of rotatable bonds is 5. The van der Waals surface area contributed by atoms with Crippen LogP contribution in [0, 0.1) is 6.92 Å². The summed E-state index contributed by atoms with van der Waals surface area (Å²) < 4.78 is 39.0. The summed E-state index contributed by atoms with van der Waals surface area (Å²) in [7, 11) is -2.18. The number of hydrogen-bond acceptors (Lipinski definition) is 6. The van der Waals surface area contributed by atoms with Crippen LogP contribution in [-0.2, 0) is 15.6 Å². The summed E-state index contributed by atoms with van der Waals surface area (Å²) in [6.45, 7) is 1.71. The van der Waals surface area contributed by atoms with E-state index in [1.165, 1.54) is 12.1 Å². The fraction of sp³-hybridized carbons (Fsp3) is 0.529. The highest BCUT2D eigenvalue weighted by molar-refractivity contribution is 7.89. The van der Waals surface area contributed by atoms with Crippen LogP contribution in [0.25, 0.3) is 0 Å². The maximum absolute atomic E-state index is 13.0. The molecule has 0 aliphatic heterocycles. The Hall–Kier alpha value is -1.93. The van der Waals surface area contributed by atoms with E-state index in [0.29, 0.717) is 30.3 Å². The zero-order valence-corrected chi connectivity index (χ0v) is 15.3. The minimum atomic E-state index is -3.73. The van der Waals surface area contributed by atoms with Gasteiger partial charge in [-0.05, 0) is 37.1 Å². The quantitative estimate of drug-likeness (QED) is 0.819. The van der Waals surface area contributed by atoms with Crippen LogP contribution in [0.3, 0.4) is 0 Å². The third kappa shape index (κ3) is 3.85. The normalized spacial score (nSPS) is 17.8. The molecule has 8 heteroatoms. The van der Waals surface area contributed by atoms with Gasteiger partial charge in [-0.1, -0.05) is 30.8 Å². The highest BCUT2D eigenvalue weighted by Crippen LogP contribution is 2.36. The zero-order chi connectivity index (χ0) is 17.9. The lowest BCUT2D eigenvalue weighted by Gasteiger charge is -2.30. The lowest BCUT2D eigenvalue weighted by atomic mass is 9.91. The molecule has 7 nitrogen and oxygen atoms in total. The second kappa shape index (κ2) is 7.13. The maximum Gasteiger partial charge on any atom is 0.241 e. The molecule has 0 atom stereocenters. The van der Waals surface area contributed by atoms with Gasteiger partial charge in [0, 0.05) is 6.92 Å². The van der Waals surface area contributed by atoms with Gasteiger partial charge in [-0.2, -0.15) is 9.71 Å². The number of benzene rings is 1. The number of hydrogen-bond donors (Lipinski definition) is 1. The van der Waals surface area contributed by atoms with E-state index in [4.69, 9.17) is 9.26 Å². The van der Waals surface area contributed by atoms with Crippen LogP contribution in [0.15, 0.2) is 33.7 Å². The van der Waals surface area contributed by atoms with Gasteiger partial charge in [0.05, 0.1) is 17.5 Å². The second-order valence-corrected chi connectivity index (χ2v) is 8.10. The molecule has 1 fully saturated rings. The topological polar surface area (TPSA) is 94.3 Å². The van der Waals surface area contributed by atoms with E-state index >= 15 is 0 Å². The van der Waals surface area contributed by atoms with E-state index in [0.717, 1.165) is 25.7 Å². The number of nitrogens with zero attached hydrogens (tertiary/aromatic N) is 2. The van der Waals surface area contributed by atoms with Gasteiger partial charge in [0.2, 0.25) is 15.9 Å². The van der Waals surface area contributed by atoms with Crippen molar-refractivity contribution >= 4 is 10.0 Å². The molecule has 3 rings (SSSR count). The summed E-state index contributed by atoms with van der Waals surface area (Å²) in [6.07, 6.45) is 5.28. The molecule has 1 aromatic heterocycles. The van der Waals surface area contributed by atoms with Crippen molar-refractivity contribution in [3.8, 4) is 5.75 Å². The third-order valence-electron chi connectivity index (χ3n) is 4.61. The summed E-state index contributed by atoms with van der Waals surface area (Å²) in [6, 6.07) is 6.33. The highest BCUT2D eigenvalue weighted by atomic mass is 32.2. The predicted molar refractivity (Wildman–Crippen MR) is 91.7 cm³/mol. The summed E-state index contributed by atoms with van der Waals surface area (Å²) in [4.78, 5) is 4.52. The number of sulfonamides is 1. The molecule has 1 heterocycles. The monoisotopic (exact) mass is 365 g/mol. The number of aryl methyl sites for hydroxylation is 1. The van der Waals surface area contributed by atoms with Crippen molar-refractivity contribution in [3.05, 3.63) is 36.0 Å². The van der Waals surface area contributed by atoms with E-state index < -0.39 is 15.6 Å². The molecule has 0 unspecified atom stereocenters. The lowest BCUT2D eigenvalue weighted by Crippen LogP contribution is -2.46.